The lowest BCUT2D eigenvalue weighted by Crippen LogP contribution is -2.23. The summed E-state index contributed by atoms with van der Waals surface area (Å²) in [7, 11) is 3.63. The zero-order valence-electron chi connectivity index (χ0n) is 19.6. The van der Waals surface area contributed by atoms with Crippen molar-refractivity contribution in [3.63, 3.8) is 0 Å². The predicted octanol–water partition coefficient (Wildman–Crippen LogP) is 5.29. The van der Waals surface area contributed by atoms with E-state index in [9.17, 15) is 18.0 Å². The molecule has 0 fully saturated rings. The number of carbonyl (C=O) groups is 1. The molecule has 1 heterocycles. The van der Waals surface area contributed by atoms with E-state index in [1.165, 1.54) is 28.8 Å². The maximum absolute atomic E-state index is 14.1. The average molecular weight is 506 g/mol. The number of ketones is 1. The van der Waals surface area contributed by atoms with Gasteiger partial charge in [-0.2, -0.15) is 13.2 Å². The Kier molecular flexibility index (Phi) is 8.82. The van der Waals surface area contributed by atoms with E-state index >= 15 is 0 Å². The van der Waals surface area contributed by atoms with Gasteiger partial charge in [0, 0.05) is 5.56 Å². The molecule has 3 aromatic rings. The molecule has 1 aromatic heterocycles. The van der Waals surface area contributed by atoms with E-state index in [2.05, 4.69) is 22.1 Å². The maximum atomic E-state index is 14.1. The van der Waals surface area contributed by atoms with Crippen LogP contribution in [0.4, 0.5) is 13.2 Å². The van der Waals surface area contributed by atoms with Gasteiger partial charge in [0.2, 0.25) is 0 Å². The quantitative estimate of drug-likeness (QED) is 0.218. The molecule has 0 aliphatic carbocycles. The second-order valence-corrected chi connectivity index (χ2v) is 8.63. The Labute approximate surface area is 207 Å². The first-order valence-corrected chi connectivity index (χ1v) is 11.4. The van der Waals surface area contributed by atoms with Crippen LogP contribution < -0.4 is 5.32 Å². The fourth-order valence-electron chi connectivity index (χ4n) is 3.68. The summed E-state index contributed by atoms with van der Waals surface area (Å²) in [6.07, 6.45) is -1.27. The van der Waals surface area contributed by atoms with Gasteiger partial charge >= 0.3 is 6.18 Å². The standard InChI is InChI=1S/C25H27ClF3N5O/c1-4-5-8-14-30-15-21-31-32-22(16-33(2)3)34(21)20-13-9-11-18(25(27,28)29)23(20)24(35)17-10-6-7-12-19(17)26/h4,6-7,9-13,30H,1,5,8,14-16H2,2-3H3. The number of aromatic nitrogens is 3. The lowest BCUT2D eigenvalue weighted by atomic mass is 9.95. The molecule has 0 amide bonds. The van der Waals surface area contributed by atoms with E-state index in [-0.39, 0.29) is 22.8 Å². The Morgan fingerprint density at radius 1 is 1.14 bits per heavy atom. The molecule has 2 aromatic carbocycles. The highest BCUT2D eigenvalue weighted by Crippen LogP contribution is 2.37. The molecular formula is C25H27ClF3N5O. The summed E-state index contributed by atoms with van der Waals surface area (Å²) in [6, 6.07) is 9.71. The van der Waals surface area contributed by atoms with Crippen LogP contribution >= 0.6 is 11.6 Å². The first-order valence-electron chi connectivity index (χ1n) is 11.0. The first-order chi connectivity index (χ1) is 16.6. The summed E-state index contributed by atoms with van der Waals surface area (Å²) < 4.78 is 43.9. The number of unbranched alkanes of at least 4 members (excludes halogenated alkanes) is 1. The van der Waals surface area contributed by atoms with Gasteiger partial charge < -0.3 is 10.2 Å². The van der Waals surface area contributed by atoms with Crippen LogP contribution in [0, 0.1) is 0 Å². The van der Waals surface area contributed by atoms with Crippen LogP contribution in [-0.4, -0.2) is 46.1 Å². The van der Waals surface area contributed by atoms with Crippen LogP contribution in [0.2, 0.25) is 5.02 Å². The van der Waals surface area contributed by atoms with Crippen LogP contribution in [-0.2, 0) is 19.3 Å². The predicted molar refractivity (Wildman–Crippen MR) is 130 cm³/mol. The van der Waals surface area contributed by atoms with Gasteiger partial charge in [-0.15, -0.1) is 16.8 Å². The summed E-state index contributed by atoms with van der Waals surface area (Å²) in [4.78, 5) is 15.4. The number of carbonyl (C=O) groups excluding carboxylic acids is 1. The van der Waals surface area contributed by atoms with Gasteiger partial charge in [0.25, 0.3) is 0 Å². The fraction of sp³-hybridized carbons (Fsp3) is 0.320. The molecule has 0 aliphatic rings. The second kappa shape index (κ2) is 11.6. The van der Waals surface area contributed by atoms with Gasteiger partial charge in [0.1, 0.15) is 0 Å². The molecule has 0 saturated carbocycles. The van der Waals surface area contributed by atoms with E-state index in [0.717, 1.165) is 18.9 Å². The zero-order valence-corrected chi connectivity index (χ0v) is 20.3. The Morgan fingerprint density at radius 3 is 2.51 bits per heavy atom. The number of nitrogens with one attached hydrogen (secondary N) is 1. The first kappa shape index (κ1) is 26.6. The molecule has 0 atom stereocenters. The highest BCUT2D eigenvalue weighted by molar-refractivity contribution is 6.35. The Bertz CT molecular complexity index is 1190. The second-order valence-electron chi connectivity index (χ2n) is 8.22. The topological polar surface area (TPSA) is 63.1 Å². The fourth-order valence-corrected chi connectivity index (χ4v) is 3.91. The summed E-state index contributed by atoms with van der Waals surface area (Å²) in [5, 5.41) is 11.8. The number of rotatable bonds is 11. The van der Waals surface area contributed by atoms with Gasteiger partial charge in [-0.1, -0.05) is 35.9 Å². The van der Waals surface area contributed by atoms with Crippen molar-refractivity contribution in [3.05, 3.63) is 88.5 Å². The van der Waals surface area contributed by atoms with Crippen molar-refractivity contribution in [1.29, 1.82) is 0 Å². The summed E-state index contributed by atoms with van der Waals surface area (Å²) in [6.45, 7) is 4.92. The third-order valence-electron chi connectivity index (χ3n) is 5.23. The molecule has 186 valence electrons. The number of nitrogens with zero attached hydrogens (tertiary/aromatic N) is 4. The minimum Gasteiger partial charge on any atom is -0.310 e. The lowest BCUT2D eigenvalue weighted by Gasteiger charge is -2.20. The van der Waals surface area contributed by atoms with E-state index in [1.807, 2.05) is 25.1 Å². The molecule has 0 spiro atoms. The average Bonchev–Trinajstić information content (AvgIpc) is 3.19. The minimum absolute atomic E-state index is 0.0153. The SMILES string of the molecule is C=CCCCNCc1nnc(CN(C)C)n1-c1cccc(C(F)(F)F)c1C(=O)c1ccccc1Cl. The number of halogens is 4. The largest absolute Gasteiger partial charge is 0.417 e. The molecule has 0 saturated heterocycles. The summed E-state index contributed by atoms with van der Waals surface area (Å²) in [5.41, 5.74) is -1.51. The Balaban J connectivity index is 2.20. The van der Waals surface area contributed by atoms with E-state index in [4.69, 9.17) is 11.6 Å². The van der Waals surface area contributed by atoms with Crippen LogP contribution in [0.25, 0.3) is 5.69 Å². The van der Waals surface area contributed by atoms with E-state index in [0.29, 0.717) is 24.7 Å². The van der Waals surface area contributed by atoms with Crippen molar-refractivity contribution in [2.75, 3.05) is 20.6 Å². The highest BCUT2D eigenvalue weighted by Gasteiger charge is 2.38. The lowest BCUT2D eigenvalue weighted by molar-refractivity contribution is -0.137. The van der Waals surface area contributed by atoms with Gasteiger partial charge in [-0.25, -0.2) is 0 Å². The highest BCUT2D eigenvalue weighted by atomic mass is 35.5. The normalized spacial score (nSPS) is 11.7. The van der Waals surface area contributed by atoms with Gasteiger partial charge in [0.15, 0.2) is 17.4 Å². The monoisotopic (exact) mass is 505 g/mol. The van der Waals surface area contributed by atoms with Gasteiger partial charge in [0.05, 0.1) is 34.9 Å². The molecule has 35 heavy (non-hydrogen) atoms. The van der Waals surface area contributed by atoms with Gasteiger partial charge in [-0.05, 0) is 57.7 Å². The summed E-state index contributed by atoms with van der Waals surface area (Å²) in [5.74, 6) is -0.0219. The molecule has 0 aliphatic heterocycles. The molecule has 3 rings (SSSR count). The Hall–Kier alpha value is -3.01. The van der Waals surface area contributed by atoms with Crippen LogP contribution in [0.5, 0.6) is 0 Å². The molecule has 0 bridgehead atoms. The van der Waals surface area contributed by atoms with Crippen molar-refractivity contribution in [2.24, 2.45) is 0 Å². The number of hydrogen-bond donors (Lipinski definition) is 1. The molecule has 6 nitrogen and oxygen atoms in total. The van der Waals surface area contributed by atoms with Crippen molar-refractivity contribution in [2.45, 2.75) is 32.1 Å². The summed E-state index contributed by atoms with van der Waals surface area (Å²) >= 11 is 6.20. The van der Waals surface area contributed by atoms with Crippen molar-refractivity contribution in [3.8, 4) is 5.69 Å². The van der Waals surface area contributed by atoms with E-state index in [1.54, 1.807) is 12.1 Å². The third kappa shape index (κ3) is 6.36. The van der Waals surface area contributed by atoms with Gasteiger partial charge in [-0.3, -0.25) is 9.36 Å². The molecule has 1 N–H and O–H groups in total. The number of alkyl halides is 3. The van der Waals surface area contributed by atoms with Crippen LogP contribution in [0.3, 0.4) is 0 Å². The number of allylic oxidation sites excluding steroid dienone is 1. The molecule has 0 unspecified atom stereocenters. The maximum Gasteiger partial charge on any atom is 0.417 e. The van der Waals surface area contributed by atoms with E-state index < -0.39 is 23.1 Å². The van der Waals surface area contributed by atoms with Crippen molar-refractivity contribution in [1.82, 2.24) is 25.0 Å². The Morgan fingerprint density at radius 2 is 1.86 bits per heavy atom. The minimum atomic E-state index is -4.76. The molecular weight excluding hydrogens is 479 g/mol. The zero-order chi connectivity index (χ0) is 25.6. The smallest absolute Gasteiger partial charge is 0.310 e. The van der Waals surface area contributed by atoms with Crippen LogP contribution in [0.15, 0.2) is 55.1 Å². The molecule has 0 radical (unpaired) electrons. The van der Waals surface area contributed by atoms with Crippen LogP contribution in [0.1, 0.15) is 46.0 Å². The third-order valence-corrected chi connectivity index (χ3v) is 5.56. The number of hydrogen-bond acceptors (Lipinski definition) is 5. The number of benzene rings is 2. The molecule has 10 heteroatoms. The van der Waals surface area contributed by atoms with Crippen molar-refractivity contribution >= 4 is 17.4 Å². The van der Waals surface area contributed by atoms with Crippen molar-refractivity contribution < 1.29 is 18.0 Å².